The number of carbonyl (C=O) groups excluding carboxylic acids is 1. The van der Waals surface area contributed by atoms with Gasteiger partial charge in [-0.25, -0.2) is 9.66 Å². The van der Waals surface area contributed by atoms with Crippen LogP contribution < -0.4 is 0 Å². The summed E-state index contributed by atoms with van der Waals surface area (Å²) in [6, 6.07) is 9.96. The fourth-order valence-corrected chi connectivity index (χ4v) is 3.22. The van der Waals surface area contributed by atoms with Crippen molar-refractivity contribution in [2.24, 2.45) is 5.10 Å². The minimum Gasteiger partial charge on any atom is -0.348 e. The third kappa shape index (κ3) is 2.58. The number of imidazole rings is 1. The molecule has 0 fully saturated rings. The van der Waals surface area contributed by atoms with Gasteiger partial charge in [0.15, 0.2) is 5.16 Å². The molecule has 21 heavy (non-hydrogen) atoms. The first-order chi connectivity index (χ1) is 10.1. The van der Waals surface area contributed by atoms with Crippen LogP contribution in [0.3, 0.4) is 0 Å². The summed E-state index contributed by atoms with van der Waals surface area (Å²) in [5.41, 5.74) is 2.71. The van der Waals surface area contributed by atoms with Crippen LogP contribution in [0.5, 0.6) is 0 Å². The van der Waals surface area contributed by atoms with Crippen LogP contribution in [-0.2, 0) is 4.79 Å². The Labute approximate surface area is 127 Å². The Morgan fingerprint density at radius 2 is 2.00 bits per heavy atom. The number of benzene rings is 1. The standard InChI is InChI=1S/C15H16N4OS/c1-10-13(14(20)18(2)3)21-15-16-12(9-19(15)17-10)11-7-5-4-6-8-11/h4-9,13H,1-3H3/t13-/m1/s1. The molecule has 1 aromatic carbocycles. The van der Waals surface area contributed by atoms with E-state index in [0.717, 1.165) is 22.1 Å². The van der Waals surface area contributed by atoms with Gasteiger partial charge in [-0.1, -0.05) is 42.1 Å². The van der Waals surface area contributed by atoms with Crippen molar-refractivity contribution in [3.05, 3.63) is 36.5 Å². The predicted octanol–water partition coefficient (Wildman–Crippen LogP) is 2.34. The molecule has 0 radical (unpaired) electrons. The molecule has 5 nitrogen and oxygen atoms in total. The van der Waals surface area contributed by atoms with Crippen LogP contribution in [0, 0.1) is 0 Å². The van der Waals surface area contributed by atoms with Gasteiger partial charge < -0.3 is 4.90 Å². The molecule has 1 aliphatic heterocycles. The number of hydrogen-bond donors (Lipinski definition) is 0. The lowest BCUT2D eigenvalue weighted by atomic mass is 10.2. The maximum atomic E-state index is 12.2. The Bertz CT molecular complexity index is 706. The number of amides is 1. The molecule has 1 aliphatic rings. The van der Waals surface area contributed by atoms with Crippen molar-refractivity contribution in [2.45, 2.75) is 17.3 Å². The van der Waals surface area contributed by atoms with Crippen molar-refractivity contribution < 1.29 is 4.79 Å². The number of aromatic nitrogens is 2. The highest BCUT2D eigenvalue weighted by molar-refractivity contribution is 8.01. The third-order valence-corrected chi connectivity index (χ3v) is 4.53. The highest BCUT2D eigenvalue weighted by Gasteiger charge is 2.30. The van der Waals surface area contributed by atoms with Gasteiger partial charge in [-0.2, -0.15) is 5.10 Å². The second-order valence-electron chi connectivity index (χ2n) is 5.09. The summed E-state index contributed by atoms with van der Waals surface area (Å²) in [6.45, 7) is 1.88. The summed E-state index contributed by atoms with van der Waals surface area (Å²) < 4.78 is 1.75. The molecular weight excluding hydrogens is 284 g/mol. The highest BCUT2D eigenvalue weighted by Crippen LogP contribution is 2.31. The second kappa shape index (κ2) is 5.37. The Morgan fingerprint density at radius 1 is 1.29 bits per heavy atom. The summed E-state index contributed by atoms with van der Waals surface area (Å²) in [5, 5.41) is 4.94. The van der Waals surface area contributed by atoms with Gasteiger partial charge in [-0.3, -0.25) is 4.79 Å². The maximum absolute atomic E-state index is 12.2. The molecule has 0 aliphatic carbocycles. The van der Waals surface area contributed by atoms with Crippen molar-refractivity contribution in [3.63, 3.8) is 0 Å². The first-order valence-electron chi connectivity index (χ1n) is 6.64. The lowest BCUT2D eigenvalue weighted by Gasteiger charge is -2.22. The fourth-order valence-electron chi connectivity index (χ4n) is 2.13. The molecule has 3 rings (SSSR count). The SMILES string of the molecule is CC1=Nn2cc(-c3ccccc3)nc2S[C@H]1C(=O)N(C)C. The van der Waals surface area contributed by atoms with Crippen molar-refractivity contribution >= 4 is 23.4 Å². The van der Waals surface area contributed by atoms with Crippen molar-refractivity contribution in [2.75, 3.05) is 14.1 Å². The largest absolute Gasteiger partial charge is 0.348 e. The zero-order valence-electron chi connectivity index (χ0n) is 12.1. The first-order valence-corrected chi connectivity index (χ1v) is 7.52. The normalized spacial score (nSPS) is 17.1. The number of fused-ring (bicyclic) bond motifs is 1. The Morgan fingerprint density at radius 3 is 2.67 bits per heavy atom. The fraction of sp³-hybridized carbons (Fsp3) is 0.267. The zero-order valence-corrected chi connectivity index (χ0v) is 13.0. The van der Waals surface area contributed by atoms with E-state index in [2.05, 4.69) is 10.1 Å². The van der Waals surface area contributed by atoms with Crippen LogP contribution in [0.2, 0.25) is 0 Å². The summed E-state index contributed by atoms with van der Waals surface area (Å²) in [6.07, 6.45) is 1.90. The minimum atomic E-state index is -0.293. The third-order valence-electron chi connectivity index (χ3n) is 3.26. The number of thioether (sulfide) groups is 1. The van der Waals surface area contributed by atoms with Crippen LogP contribution in [0.15, 0.2) is 46.8 Å². The van der Waals surface area contributed by atoms with E-state index in [9.17, 15) is 4.79 Å². The summed E-state index contributed by atoms with van der Waals surface area (Å²) in [4.78, 5) is 18.4. The molecule has 0 unspecified atom stereocenters. The van der Waals surface area contributed by atoms with Gasteiger partial charge in [0, 0.05) is 19.7 Å². The molecule has 0 bridgehead atoms. The molecular formula is C15H16N4OS. The second-order valence-corrected chi connectivity index (χ2v) is 6.16. The van der Waals surface area contributed by atoms with E-state index in [4.69, 9.17) is 0 Å². The molecule has 0 saturated heterocycles. The van der Waals surface area contributed by atoms with Crippen LogP contribution >= 0.6 is 11.8 Å². The predicted molar refractivity (Wildman–Crippen MR) is 84.5 cm³/mol. The smallest absolute Gasteiger partial charge is 0.241 e. The van der Waals surface area contributed by atoms with Gasteiger partial charge in [0.25, 0.3) is 0 Å². The number of carbonyl (C=O) groups is 1. The van der Waals surface area contributed by atoms with Gasteiger partial charge in [-0.05, 0) is 6.92 Å². The van der Waals surface area contributed by atoms with Crippen LogP contribution in [0.25, 0.3) is 11.3 Å². The molecule has 0 saturated carbocycles. The van der Waals surface area contributed by atoms with E-state index in [0.29, 0.717) is 0 Å². The molecule has 0 spiro atoms. The van der Waals surface area contributed by atoms with Gasteiger partial charge in [0.1, 0.15) is 5.25 Å². The van der Waals surface area contributed by atoms with Crippen molar-refractivity contribution in [1.29, 1.82) is 0 Å². The monoisotopic (exact) mass is 300 g/mol. The summed E-state index contributed by atoms with van der Waals surface area (Å²) in [5.74, 6) is 0.0387. The number of rotatable bonds is 2. The van der Waals surface area contributed by atoms with E-state index in [1.54, 1.807) is 23.7 Å². The molecule has 108 valence electrons. The molecule has 1 atom stereocenters. The molecule has 6 heteroatoms. The average molecular weight is 300 g/mol. The molecule has 1 aromatic heterocycles. The van der Waals surface area contributed by atoms with E-state index < -0.39 is 0 Å². The van der Waals surface area contributed by atoms with Crippen LogP contribution in [-0.4, -0.2) is 45.5 Å². The lowest BCUT2D eigenvalue weighted by Crippen LogP contribution is -2.37. The molecule has 2 aromatic rings. The van der Waals surface area contributed by atoms with Gasteiger partial charge in [0.2, 0.25) is 5.91 Å². The summed E-state index contributed by atoms with van der Waals surface area (Å²) >= 11 is 1.45. The average Bonchev–Trinajstić information content (AvgIpc) is 2.89. The zero-order chi connectivity index (χ0) is 15.0. The highest BCUT2D eigenvalue weighted by atomic mass is 32.2. The Hall–Kier alpha value is -2.08. The molecule has 1 amide bonds. The maximum Gasteiger partial charge on any atom is 0.241 e. The van der Waals surface area contributed by atoms with E-state index in [-0.39, 0.29) is 11.2 Å². The quantitative estimate of drug-likeness (QED) is 0.855. The van der Waals surface area contributed by atoms with Crippen molar-refractivity contribution in [3.8, 4) is 11.3 Å². The minimum absolute atomic E-state index is 0.0387. The topological polar surface area (TPSA) is 50.5 Å². The summed E-state index contributed by atoms with van der Waals surface area (Å²) in [7, 11) is 3.51. The number of nitrogens with zero attached hydrogens (tertiary/aromatic N) is 4. The van der Waals surface area contributed by atoms with Gasteiger partial charge in [0.05, 0.1) is 17.6 Å². The van der Waals surface area contributed by atoms with Gasteiger partial charge >= 0.3 is 0 Å². The van der Waals surface area contributed by atoms with Crippen LogP contribution in [0.1, 0.15) is 6.92 Å². The number of hydrogen-bond acceptors (Lipinski definition) is 4. The van der Waals surface area contributed by atoms with Gasteiger partial charge in [-0.15, -0.1) is 0 Å². The van der Waals surface area contributed by atoms with E-state index >= 15 is 0 Å². The van der Waals surface area contributed by atoms with E-state index in [1.807, 2.05) is 43.5 Å². The van der Waals surface area contributed by atoms with Crippen LogP contribution in [0.4, 0.5) is 0 Å². The van der Waals surface area contributed by atoms with Crippen molar-refractivity contribution in [1.82, 2.24) is 14.6 Å². The Balaban J connectivity index is 1.95. The Kier molecular flexibility index (Phi) is 3.55. The van der Waals surface area contributed by atoms with E-state index in [1.165, 1.54) is 11.8 Å². The first kappa shape index (κ1) is 13.9. The molecule has 0 N–H and O–H groups in total. The lowest BCUT2D eigenvalue weighted by molar-refractivity contribution is -0.126. The molecule has 2 heterocycles.